The van der Waals surface area contributed by atoms with Gasteiger partial charge in [-0.3, -0.25) is 4.68 Å². The summed E-state index contributed by atoms with van der Waals surface area (Å²) in [4.78, 5) is 4.09. The van der Waals surface area contributed by atoms with Crippen molar-refractivity contribution in [1.82, 2.24) is 9.78 Å². The van der Waals surface area contributed by atoms with Crippen LogP contribution in [0.2, 0.25) is 0 Å². The van der Waals surface area contributed by atoms with E-state index in [1.54, 1.807) is 12.1 Å². The Labute approximate surface area is 140 Å². The van der Waals surface area contributed by atoms with E-state index < -0.39 is 0 Å². The first-order valence-electron chi connectivity index (χ1n) is 7.83. The van der Waals surface area contributed by atoms with Gasteiger partial charge in [0.2, 0.25) is 0 Å². The maximum absolute atomic E-state index is 13.2. The van der Waals surface area contributed by atoms with E-state index in [0.717, 1.165) is 29.8 Å². The predicted octanol–water partition coefficient (Wildman–Crippen LogP) is 5.30. The van der Waals surface area contributed by atoms with Gasteiger partial charge in [0.25, 0.3) is 0 Å². The summed E-state index contributed by atoms with van der Waals surface area (Å²) < 4.78 is 15.2. The van der Waals surface area contributed by atoms with Gasteiger partial charge in [-0.05, 0) is 48.7 Å². The molecular weight excluding hydrogens is 313 g/mol. The minimum atomic E-state index is -0.241. The van der Waals surface area contributed by atoms with Crippen LogP contribution in [0.25, 0.3) is 11.3 Å². The first kappa shape index (κ1) is 15.9. The van der Waals surface area contributed by atoms with Crippen molar-refractivity contribution in [2.75, 3.05) is 0 Å². The molecule has 1 aromatic heterocycles. The van der Waals surface area contributed by atoms with Crippen molar-refractivity contribution >= 4 is 17.8 Å². The number of nitrogens with zero attached hydrogens (tertiary/aromatic N) is 3. The lowest BCUT2D eigenvalue weighted by molar-refractivity contribution is 0.541. The molecule has 3 rings (SSSR count). The van der Waals surface area contributed by atoms with Gasteiger partial charge < -0.3 is 0 Å². The second kappa shape index (κ2) is 6.67. The molecule has 120 valence electrons. The van der Waals surface area contributed by atoms with Crippen LogP contribution in [-0.2, 0) is 0 Å². The third-order valence-electron chi connectivity index (χ3n) is 4.22. The topological polar surface area (TPSA) is 30.2 Å². The fourth-order valence-corrected chi connectivity index (χ4v) is 2.85. The third-order valence-corrected chi connectivity index (χ3v) is 4.44. The van der Waals surface area contributed by atoms with Crippen molar-refractivity contribution in [2.45, 2.75) is 38.6 Å². The van der Waals surface area contributed by atoms with Crippen LogP contribution < -0.4 is 0 Å². The lowest BCUT2D eigenvalue weighted by atomic mass is 10.0. The van der Waals surface area contributed by atoms with Crippen molar-refractivity contribution < 1.29 is 4.39 Å². The van der Waals surface area contributed by atoms with Crippen molar-refractivity contribution in [1.29, 1.82) is 0 Å². The summed E-state index contributed by atoms with van der Waals surface area (Å²) in [7, 11) is 0. The third kappa shape index (κ3) is 3.37. The van der Waals surface area contributed by atoms with Gasteiger partial charge in [-0.1, -0.05) is 25.4 Å². The molecule has 2 aromatic rings. The summed E-state index contributed by atoms with van der Waals surface area (Å²) in [5.41, 5.74) is 2.96. The maximum Gasteiger partial charge on any atom is 0.126 e. The second-order valence-corrected chi connectivity index (χ2v) is 6.21. The summed E-state index contributed by atoms with van der Waals surface area (Å²) >= 11 is 6.05. The number of hydrogen-bond acceptors (Lipinski definition) is 2. The van der Waals surface area contributed by atoms with Gasteiger partial charge in [-0.2, -0.15) is 5.10 Å². The minimum Gasteiger partial charge on any atom is -0.257 e. The molecule has 0 N–H and O–H groups in total. The molecule has 5 heteroatoms. The van der Waals surface area contributed by atoms with E-state index in [2.05, 4.69) is 24.9 Å². The van der Waals surface area contributed by atoms with E-state index in [1.807, 2.05) is 17.0 Å². The standard InChI is InChI=1S/C18H19ClFN3/c1-3-12(2)16-11-17(13-4-6-14(20)7-5-13)23(22-16)15-8-9-21-18(19)10-15/h4-7,9-12,15H,3,8H2,1-2H3. The predicted molar refractivity (Wildman–Crippen MR) is 92.4 cm³/mol. The van der Waals surface area contributed by atoms with Gasteiger partial charge in [0.1, 0.15) is 11.0 Å². The van der Waals surface area contributed by atoms with E-state index in [1.165, 1.54) is 12.1 Å². The lowest BCUT2D eigenvalue weighted by Crippen LogP contribution is -2.13. The maximum atomic E-state index is 13.2. The van der Waals surface area contributed by atoms with Crippen LogP contribution in [-0.4, -0.2) is 16.0 Å². The Kier molecular flexibility index (Phi) is 4.62. The molecule has 0 amide bonds. The molecule has 2 heterocycles. The molecular formula is C18H19ClFN3. The Morgan fingerprint density at radius 3 is 2.74 bits per heavy atom. The Bertz CT molecular complexity index is 746. The van der Waals surface area contributed by atoms with E-state index in [4.69, 9.17) is 16.7 Å². The normalized spacial score (nSPS) is 18.8. The van der Waals surface area contributed by atoms with Crippen molar-refractivity contribution in [3.8, 4) is 11.3 Å². The van der Waals surface area contributed by atoms with Crippen molar-refractivity contribution in [3.05, 3.63) is 53.1 Å². The highest BCUT2D eigenvalue weighted by atomic mass is 35.5. The highest BCUT2D eigenvalue weighted by Crippen LogP contribution is 2.31. The van der Waals surface area contributed by atoms with E-state index in [9.17, 15) is 4.39 Å². The molecule has 1 aromatic carbocycles. The minimum absolute atomic E-state index is 0.0258. The summed E-state index contributed by atoms with van der Waals surface area (Å²) in [6.45, 7) is 4.30. The van der Waals surface area contributed by atoms with Crippen LogP contribution in [0.4, 0.5) is 4.39 Å². The molecule has 0 saturated carbocycles. The molecule has 2 atom stereocenters. The highest BCUT2D eigenvalue weighted by molar-refractivity contribution is 6.29. The molecule has 1 aliphatic heterocycles. The lowest BCUT2D eigenvalue weighted by Gasteiger charge is -2.17. The van der Waals surface area contributed by atoms with Crippen molar-refractivity contribution in [3.63, 3.8) is 0 Å². The summed E-state index contributed by atoms with van der Waals surface area (Å²) in [6.07, 6.45) is 5.47. The number of allylic oxidation sites excluding steroid dienone is 1. The summed E-state index contributed by atoms with van der Waals surface area (Å²) in [6, 6.07) is 8.63. The van der Waals surface area contributed by atoms with E-state index in [-0.39, 0.29) is 11.9 Å². The molecule has 0 spiro atoms. The fraction of sp³-hybridized carbons (Fsp3) is 0.333. The molecule has 3 nitrogen and oxygen atoms in total. The van der Waals surface area contributed by atoms with Gasteiger partial charge >= 0.3 is 0 Å². The fourth-order valence-electron chi connectivity index (χ4n) is 2.64. The van der Waals surface area contributed by atoms with Crippen molar-refractivity contribution in [2.24, 2.45) is 4.99 Å². The Hall–Kier alpha value is -1.94. The van der Waals surface area contributed by atoms with E-state index in [0.29, 0.717) is 11.1 Å². The van der Waals surface area contributed by atoms with Gasteiger partial charge in [-0.15, -0.1) is 0 Å². The number of benzene rings is 1. The second-order valence-electron chi connectivity index (χ2n) is 5.82. The molecule has 0 radical (unpaired) electrons. The summed E-state index contributed by atoms with van der Waals surface area (Å²) in [5.74, 6) is 0.127. The quantitative estimate of drug-likeness (QED) is 0.699. The van der Waals surface area contributed by atoms with Gasteiger partial charge in [-0.25, -0.2) is 9.38 Å². The van der Waals surface area contributed by atoms with Crippen LogP contribution in [0, 0.1) is 5.82 Å². The monoisotopic (exact) mass is 331 g/mol. The average Bonchev–Trinajstić information content (AvgIpc) is 3.00. The molecule has 1 aliphatic rings. The first-order valence-corrected chi connectivity index (χ1v) is 8.21. The smallest absolute Gasteiger partial charge is 0.126 e. The van der Waals surface area contributed by atoms with Gasteiger partial charge in [0, 0.05) is 18.2 Å². The van der Waals surface area contributed by atoms with Crippen LogP contribution in [0.5, 0.6) is 0 Å². The van der Waals surface area contributed by atoms with Gasteiger partial charge in [0.05, 0.1) is 17.4 Å². The molecule has 0 fully saturated rings. The zero-order valence-electron chi connectivity index (χ0n) is 13.2. The molecule has 0 saturated heterocycles. The van der Waals surface area contributed by atoms with Gasteiger partial charge in [0.15, 0.2) is 0 Å². The van der Waals surface area contributed by atoms with Crippen LogP contribution in [0.15, 0.2) is 46.6 Å². The Balaban J connectivity index is 2.07. The first-order chi connectivity index (χ1) is 11.1. The van der Waals surface area contributed by atoms with Crippen LogP contribution >= 0.6 is 11.6 Å². The zero-order chi connectivity index (χ0) is 16.4. The Morgan fingerprint density at radius 2 is 2.09 bits per heavy atom. The Morgan fingerprint density at radius 1 is 1.35 bits per heavy atom. The molecule has 0 bridgehead atoms. The SMILES string of the molecule is CCC(C)c1cc(-c2ccc(F)cc2)n(C2C=C(Cl)N=CC2)n1. The number of aromatic nitrogens is 2. The van der Waals surface area contributed by atoms with Crippen LogP contribution in [0.3, 0.4) is 0 Å². The molecule has 2 unspecified atom stereocenters. The number of aliphatic imine (C=N–C) groups is 1. The van der Waals surface area contributed by atoms with Crippen LogP contribution in [0.1, 0.15) is 44.3 Å². The number of rotatable bonds is 4. The summed E-state index contributed by atoms with van der Waals surface area (Å²) in [5, 5.41) is 5.27. The van der Waals surface area contributed by atoms with E-state index >= 15 is 0 Å². The zero-order valence-corrected chi connectivity index (χ0v) is 14.0. The molecule has 0 aliphatic carbocycles. The molecule has 23 heavy (non-hydrogen) atoms. The largest absolute Gasteiger partial charge is 0.257 e. The number of hydrogen-bond donors (Lipinski definition) is 0. The number of halogens is 2. The highest BCUT2D eigenvalue weighted by Gasteiger charge is 2.20. The average molecular weight is 332 g/mol.